The van der Waals surface area contributed by atoms with Gasteiger partial charge in [0.15, 0.2) is 0 Å². The van der Waals surface area contributed by atoms with Crippen LogP contribution in [0.3, 0.4) is 0 Å². The normalized spacial score (nSPS) is 14.1. The molecule has 1 fully saturated rings. The third-order valence-corrected chi connectivity index (χ3v) is 4.54. The number of benzene rings is 1. The monoisotopic (exact) mass is 337 g/mol. The number of methoxy groups -OCH3 is 1. The van der Waals surface area contributed by atoms with E-state index in [0.29, 0.717) is 17.4 Å². The second-order valence-electron chi connectivity index (χ2n) is 6.10. The Bertz CT molecular complexity index is 877. The lowest BCUT2D eigenvalue weighted by molar-refractivity contribution is 0.102. The summed E-state index contributed by atoms with van der Waals surface area (Å²) < 4.78 is 7.04. The number of hydrogen-bond donors (Lipinski definition) is 2. The number of aromatic nitrogens is 4. The Morgan fingerprint density at radius 3 is 2.76 bits per heavy atom. The molecule has 0 spiro atoms. The predicted molar refractivity (Wildman–Crippen MR) is 93.6 cm³/mol. The molecule has 2 N–H and O–H groups in total. The molecule has 128 valence electrons. The van der Waals surface area contributed by atoms with E-state index in [1.165, 1.54) is 6.42 Å². The molecule has 0 atom stereocenters. The Morgan fingerprint density at radius 2 is 2.08 bits per heavy atom. The number of carbonyl (C=O) groups is 1. The van der Waals surface area contributed by atoms with Crippen molar-refractivity contribution in [1.29, 1.82) is 0 Å². The molecule has 1 saturated carbocycles. The molecule has 0 aliphatic heterocycles. The van der Waals surface area contributed by atoms with Gasteiger partial charge in [-0.2, -0.15) is 10.2 Å². The maximum absolute atomic E-state index is 12.5. The molecule has 0 saturated heterocycles. The van der Waals surface area contributed by atoms with E-state index in [9.17, 15) is 4.79 Å². The lowest BCUT2D eigenvalue weighted by Crippen LogP contribution is -2.22. The highest BCUT2D eigenvalue weighted by Gasteiger charge is 2.23. The molecule has 1 aromatic carbocycles. The van der Waals surface area contributed by atoms with Gasteiger partial charge in [0.1, 0.15) is 17.3 Å². The summed E-state index contributed by atoms with van der Waals surface area (Å²) in [7, 11) is 1.63. The van der Waals surface area contributed by atoms with Crippen LogP contribution in [0.1, 0.15) is 35.8 Å². The first-order chi connectivity index (χ1) is 12.2. The van der Waals surface area contributed by atoms with Crippen molar-refractivity contribution in [2.75, 3.05) is 12.4 Å². The Hall–Kier alpha value is -3.09. The first kappa shape index (κ1) is 15.4. The second kappa shape index (κ2) is 6.43. The van der Waals surface area contributed by atoms with Crippen LogP contribution < -0.4 is 10.1 Å². The van der Waals surface area contributed by atoms with Gasteiger partial charge in [0, 0.05) is 11.6 Å². The third-order valence-electron chi connectivity index (χ3n) is 4.54. The fourth-order valence-corrected chi connectivity index (χ4v) is 2.87. The van der Waals surface area contributed by atoms with Gasteiger partial charge in [0.2, 0.25) is 0 Å². The highest BCUT2D eigenvalue weighted by atomic mass is 16.5. The number of amides is 1. The van der Waals surface area contributed by atoms with E-state index in [0.717, 1.165) is 30.0 Å². The van der Waals surface area contributed by atoms with Crippen LogP contribution in [0.2, 0.25) is 0 Å². The fourth-order valence-electron chi connectivity index (χ4n) is 2.87. The van der Waals surface area contributed by atoms with Crippen LogP contribution in [0, 0.1) is 0 Å². The molecule has 1 aliphatic rings. The van der Waals surface area contributed by atoms with E-state index in [4.69, 9.17) is 4.74 Å². The van der Waals surface area contributed by atoms with Gasteiger partial charge in [-0.1, -0.05) is 0 Å². The number of nitrogens with zero attached hydrogens (tertiary/aromatic N) is 3. The van der Waals surface area contributed by atoms with E-state index in [1.807, 2.05) is 35.0 Å². The smallest absolute Gasteiger partial charge is 0.274 e. The van der Waals surface area contributed by atoms with E-state index < -0.39 is 0 Å². The van der Waals surface area contributed by atoms with Gasteiger partial charge in [0.25, 0.3) is 5.91 Å². The topological polar surface area (TPSA) is 84.8 Å². The maximum atomic E-state index is 12.5. The van der Waals surface area contributed by atoms with Crippen molar-refractivity contribution < 1.29 is 9.53 Å². The summed E-state index contributed by atoms with van der Waals surface area (Å²) >= 11 is 0. The van der Waals surface area contributed by atoms with Gasteiger partial charge in [-0.25, -0.2) is 4.68 Å². The van der Waals surface area contributed by atoms with Crippen LogP contribution in [-0.2, 0) is 0 Å². The van der Waals surface area contributed by atoms with Crippen molar-refractivity contribution >= 4 is 11.7 Å². The fraction of sp³-hybridized carbons (Fsp3) is 0.278. The molecular formula is C18H19N5O2. The van der Waals surface area contributed by atoms with Gasteiger partial charge in [-0.05, 0) is 49.6 Å². The van der Waals surface area contributed by atoms with Gasteiger partial charge in [-0.15, -0.1) is 0 Å². The van der Waals surface area contributed by atoms with Gasteiger partial charge >= 0.3 is 0 Å². The van der Waals surface area contributed by atoms with Crippen LogP contribution >= 0.6 is 0 Å². The number of nitrogens with one attached hydrogen (secondary N) is 2. The van der Waals surface area contributed by atoms with Crippen molar-refractivity contribution in [1.82, 2.24) is 20.0 Å². The molecular weight excluding hydrogens is 318 g/mol. The van der Waals surface area contributed by atoms with Gasteiger partial charge in [-0.3, -0.25) is 9.89 Å². The molecule has 25 heavy (non-hydrogen) atoms. The summed E-state index contributed by atoms with van der Waals surface area (Å²) in [5.74, 6) is 1.27. The van der Waals surface area contributed by atoms with E-state index in [1.54, 1.807) is 19.4 Å². The second-order valence-corrected chi connectivity index (χ2v) is 6.10. The molecule has 7 nitrogen and oxygen atoms in total. The Labute approximate surface area is 145 Å². The zero-order valence-electron chi connectivity index (χ0n) is 13.9. The van der Waals surface area contributed by atoms with Crippen LogP contribution in [0.4, 0.5) is 5.82 Å². The SMILES string of the molecule is COc1ccc(-c2cc(C(=O)Nc3ccnn3C3CCC3)[nH]n2)cc1. The Morgan fingerprint density at radius 1 is 1.28 bits per heavy atom. The molecule has 1 aliphatic carbocycles. The minimum Gasteiger partial charge on any atom is -0.497 e. The largest absolute Gasteiger partial charge is 0.497 e. The third kappa shape index (κ3) is 3.00. The molecule has 0 bridgehead atoms. The van der Waals surface area contributed by atoms with E-state index in [-0.39, 0.29) is 5.91 Å². The first-order valence-corrected chi connectivity index (χ1v) is 8.29. The van der Waals surface area contributed by atoms with Crippen LogP contribution in [0.25, 0.3) is 11.3 Å². The number of hydrogen-bond acceptors (Lipinski definition) is 4. The molecule has 0 unspecified atom stereocenters. The maximum Gasteiger partial charge on any atom is 0.274 e. The summed E-state index contributed by atoms with van der Waals surface area (Å²) in [6.45, 7) is 0. The van der Waals surface area contributed by atoms with Crippen LogP contribution in [0.5, 0.6) is 5.75 Å². The molecule has 7 heteroatoms. The summed E-state index contributed by atoms with van der Waals surface area (Å²) in [5.41, 5.74) is 2.03. The Kier molecular flexibility index (Phi) is 3.97. The van der Waals surface area contributed by atoms with Crippen LogP contribution in [0.15, 0.2) is 42.6 Å². The van der Waals surface area contributed by atoms with Crippen LogP contribution in [-0.4, -0.2) is 33.0 Å². The number of aromatic amines is 1. The molecule has 2 heterocycles. The van der Waals surface area contributed by atoms with Gasteiger partial charge in [0.05, 0.1) is 25.0 Å². The molecule has 1 amide bonds. The quantitative estimate of drug-likeness (QED) is 0.748. The number of ether oxygens (including phenoxy) is 1. The average Bonchev–Trinajstić information content (AvgIpc) is 3.24. The lowest BCUT2D eigenvalue weighted by Gasteiger charge is -2.27. The highest BCUT2D eigenvalue weighted by Crippen LogP contribution is 2.33. The number of rotatable bonds is 5. The molecule has 2 aromatic heterocycles. The van der Waals surface area contributed by atoms with Crippen molar-refractivity contribution in [3.63, 3.8) is 0 Å². The molecule has 4 rings (SSSR count). The minimum absolute atomic E-state index is 0.228. The highest BCUT2D eigenvalue weighted by molar-refractivity contribution is 6.03. The standard InChI is InChI=1S/C18H19N5O2/c1-25-14-7-5-12(6-8-14)15-11-16(22-21-15)18(24)20-17-9-10-19-23(17)13-3-2-4-13/h5-11,13H,2-4H2,1H3,(H,20,24)(H,21,22). The first-order valence-electron chi connectivity index (χ1n) is 8.29. The Balaban J connectivity index is 1.49. The number of anilines is 1. The lowest BCUT2D eigenvalue weighted by atomic mass is 9.93. The average molecular weight is 337 g/mol. The minimum atomic E-state index is -0.228. The molecule has 3 aromatic rings. The summed E-state index contributed by atoms with van der Waals surface area (Å²) in [4.78, 5) is 12.5. The number of carbonyl (C=O) groups excluding carboxylic acids is 1. The predicted octanol–water partition coefficient (Wildman–Crippen LogP) is 3.26. The molecule has 0 radical (unpaired) electrons. The number of H-pyrrole nitrogens is 1. The summed E-state index contributed by atoms with van der Waals surface area (Å²) in [6.07, 6.45) is 5.14. The zero-order valence-corrected chi connectivity index (χ0v) is 13.9. The summed E-state index contributed by atoms with van der Waals surface area (Å²) in [5, 5.41) is 14.3. The summed E-state index contributed by atoms with van der Waals surface area (Å²) in [6, 6.07) is 11.5. The van der Waals surface area contributed by atoms with E-state index in [2.05, 4.69) is 20.6 Å². The van der Waals surface area contributed by atoms with E-state index >= 15 is 0 Å². The van der Waals surface area contributed by atoms with Crippen molar-refractivity contribution in [2.24, 2.45) is 0 Å². The van der Waals surface area contributed by atoms with Gasteiger partial charge < -0.3 is 10.1 Å². The zero-order chi connectivity index (χ0) is 17.2. The van der Waals surface area contributed by atoms with Crippen molar-refractivity contribution in [3.8, 4) is 17.0 Å². The van der Waals surface area contributed by atoms with Crippen molar-refractivity contribution in [3.05, 3.63) is 48.3 Å². The van der Waals surface area contributed by atoms with Crippen molar-refractivity contribution in [2.45, 2.75) is 25.3 Å².